The molecule has 0 atom stereocenters. The maximum Gasteiger partial charge on any atom is 0.252 e. The Bertz CT molecular complexity index is 501. The summed E-state index contributed by atoms with van der Waals surface area (Å²) in [4.78, 5) is 13.7. The number of thiophene rings is 1. The maximum atomic E-state index is 12.4. The summed E-state index contributed by atoms with van der Waals surface area (Å²) in [6.07, 6.45) is 1.93. The maximum absolute atomic E-state index is 12.4. The summed E-state index contributed by atoms with van der Waals surface area (Å²) in [5, 5.41) is 8.84. The van der Waals surface area contributed by atoms with Gasteiger partial charge in [0.1, 0.15) is 0 Å². The van der Waals surface area contributed by atoms with Crippen molar-refractivity contribution in [2.75, 3.05) is 0 Å². The SMILES string of the molecule is Cc1scc(C(=O)NC2CC(C)(C)NC(C)(C)C2)c1C. The van der Waals surface area contributed by atoms with Crippen LogP contribution in [0.4, 0.5) is 0 Å². The Morgan fingerprint density at radius 1 is 1.25 bits per heavy atom. The second kappa shape index (κ2) is 5.15. The smallest absolute Gasteiger partial charge is 0.252 e. The molecule has 0 spiro atoms. The van der Waals surface area contributed by atoms with Crippen molar-refractivity contribution in [3.63, 3.8) is 0 Å². The fourth-order valence-corrected chi connectivity index (χ4v) is 4.29. The van der Waals surface area contributed by atoms with Gasteiger partial charge >= 0.3 is 0 Å². The fourth-order valence-electron chi connectivity index (χ4n) is 3.43. The molecule has 0 aromatic carbocycles. The fraction of sp³-hybridized carbons (Fsp3) is 0.688. The van der Waals surface area contributed by atoms with E-state index in [0.29, 0.717) is 0 Å². The van der Waals surface area contributed by atoms with Crippen LogP contribution in [0.2, 0.25) is 0 Å². The van der Waals surface area contributed by atoms with E-state index in [1.165, 1.54) is 4.88 Å². The van der Waals surface area contributed by atoms with Gasteiger partial charge in [-0.15, -0.1) is 11.3 Å². The van der Waals surface area contributed by atoms with Crippen LogP contribution in [0.3, 0.4) is 0 Å². The standard InChI is InChI=1S/C16H26N2OS/c1-10-11(2)20-9-13(10)14(19)17-12-7-15(3,4)18-16(5,6)8-12/h9,12,18H,7-8H2,1-6H3,(H,17,19). The average Bonchev–Trinajstić information content (AvgIpc) is 2.54. The zero-order valence-corrected chi connectivity index (χ0v) is 14.2. The van der Waals surface area contributed by atoms with Crippen molar-refractivity contribution < 1.29 is 4.79 Å². The van der Waals surface area contributed by atoms with Crippen LogP contribution in [0.15, 0.2) is 5.38 Å². The highest BCUT2D eigenvalue weighted by molar-refractivity contribution is 7.10. The molecule has 0 radical (unpaired) electrons. The van der Waals surface area contributed by atoms with E-state index in [1.54, 1.807) is 11.3 Å². The second-order valence-corrected chi connectivity index (χ2v) is 8.39. The number of aryl methyl sites for hydroxylation is 1. The molecular formula is C16H26N2OS. The number of hydrogen-bond donors (Lipinski definition) is 2. The molecule has 1 amide bonds. The first-order valence-corrected chi connectivity index (χ1v) is 8.12. The molecule has 0 bridgehead atoms. The minimum Gasteiger partial charge on any atom is -0.349 e. The van der Waals surface area contributed by atoms with Gasteiger partial charge in [0.2, 0.25) is 0 Å². The Morgan fingerprint density at radius 2 is 1.80 bits per heavy atom. The summed E-state index contributed by atoms with van der Waals surface area (Å²) in [6.45, 7) is 12.9. The van der Waals surface area contributed by atoms with Crippen LogP contribution < -0.4 is 10.6 Å². The van der Waals surface area contributed by atoms with E-state index in [4.69, 9.17) is 0 Å². The van der Waals surface area contributed by atoms with Crippen molar-refractivity contribution in [3.05, 3.63) is 21.4 Å². The number of carbonyl (C=O) groups is 1. The van der Waals surface area contributed by atoms with E-state index < -0.39 is 0 Å². The number of nitrogens with one attached hydrogen (secondary N) is 2. The molecule has 0 aliphatic carbocycles. The predicted octanol–water partition coefficient (Wildman–Crippen LogP) is 3.40. The summed E-state index contributed by atoms with van der Waals surface area (Å²) in [7, 11) is 0. The molecule has 20 heavy (non-hydrogen) atoms. The Labute approximate surface area is 126 Å². The normalized spacial score (nSPS) is 21.7. The second-order valence-electron chi connectivity index (χ2n) is 7.30. The van der Waals surface area contributed by atoms with Gasteiger partial charge in [0.25, 0.3) is 5.91 Å². The third kappa shape index (κ3) is 3.41. The molecule has 1 aromatic heterocycles. The minimum atomic E-state index is 0.0549. The van der Waals surface area contributed by atoms with Gasteiger partial charge in [0.15, 0.2) is 0 Å². The third-order valence-corrected chi connectivity index (χ3v) is 5.07. The van der Waals surface area contributed by atoms with Crippen LogP contribution >= 0.6 is 11.3 Å². The van der Waals surface area contributed by atoms with Gasteiger partial charge in [-0.3, -0.25) is 4.79 Å². The molecule has 1 aliphatic rings. The first kappa shape index (κ1) is 15.5. The first-order valence-electron chi connectivity index (χ1n) is 7.24. The lowest BCUT2D eigenvalue weighted by molar-refractivity contribution is 0.0873. The van der Waals surface area contributed by atoms with Crippen molar-refractivity contribution in [2.24, 2.45) is 0 Å². The van der Waals surface area contributed by atoms with Gasteiger partial charge in [-0.05, 0) is 59.9 Å². The molecule has 2 N–H and O–H groups in total. The van der Waals surface area contributed by atoms with Crippen LogP contribution in [-0.4, -0.2) is 23.0 Å². The van der Waals surface area contributed by atoms with Crippen molar-refractivity contribution in [3.8, 4) is 0 Å². The molecule has 1 aliphatic heterocycles. The summed E-state index contributed by atoms with van der Waals surface area (Å²) in [6, 6.07) is 0.230. The lowest BCUT2D eigenvalue weighted by Crippen LogP contribution is -2.62. The Morgan fingerprint density at radius 3 is 2.25 bits per heavy atom. The van der Waals surface area contributed by atoms with Crippen molar-refractivity contribution in [1.29, 1.82) is 0 Å². The molecule has 2 rings (SSSR count). The highest BCUT2D eigenvalue weighted by atomic mass is 32.1. The molecule has 1 fully saturated rings. The zero-order chi connectivity index (χ0) is 15.1. The number of amides is 1. The van der Waals surface area contributed by atoms with E-state index in [1.807, 2.05) is 12.3 Å². The van der Waals surface area contributed by atoms with Crippen LogP contribution in [0.25, 0.3) is 0 Å². The average molecular weight is 294 g/mol. The summed E-state index contributed by atoms with van der Waals surface area (Å²) in [5.74, 6) is 0.0744. The van der Waals surface area contributed by atoms with Gasteiger partial charge < -0.3 is 10.6 Å². The van der Waals surface area contributed by atoms with Gasteiger partial charge in [-0.25, -0.2) is 0 Å². The number of hydrogen-bond acceptors (Lipinski definition) is 3. The number of carbonyl (C=O) groups excluding carboxylic acids is 1. The van der Waals surface area contributed by atoms with Crippen molar-refractivity contribution in [1.82, 2.24) is 10.6 Å². The molecule has 2 heterocycles. The Kier molecular flexibility index (Phi) is 4.00. The van der Waals surface area contributed by atoms with Crippen LogP contribution in [0, 0.1) is 13.8 Å². The molecule has 0 unspecified atom stereocenters. The molecular weight excluding hydrogens is 268 g/mol. The van der Waals surface area contributed by atoms with Crippen LogP contribution in [0.1, 0.15) is 61.3 Å². The topological polar surface area (TPSA) is 41.1 Å². The Hall–Kier alpha value is -0.870. The quantitative estimate of drug-likeness (QED) is 0.877. The van der Waals surface area contributed by atoms with E-state index >= 15 is 0 Å². The molecule has 0 saturated carbocycles. The van der Waals surface area contributed by atoms with Crippen molar-refractivity contribution >= 4 is 17.2 Å². The highest BCUT2D eigenvalue weighted by Gasteiger charge is 2.38. The largest absolute Gasteiger partial charge is 0.349 e. The van der Waals surface area contributed by atoms with E-state index in [-0.39, 0.29) is 23.0 Å². The Balaban J connectivity index is 2.10. The highest BCUT2D eigenvalue weighted by Crippen LogP contribution is 2.29. The van der Waals surface area contributed by atoms with Gasteiger partial charge in [-0.1, -0.05) is 0 Å². The molecule has 1 saturated heterocycles. The predicted molar refractivity (Wildman–Crippen MR) is 85.6 cm³/mol. The van der Waals surface area contributed by atoms with Gasteiger partial charge in [-0.2, -0.15) is 0 Å². The van der Waals surface area contributed by atoms with Gasteiger partial charge in [0.05, 0.1) is 5.56 Å². The first-order chi connectivity index (χ1) is 9.10. The molecule has 112 valence electrons. The van der Waals surface area contributed by atoms with Gasteiger partial charge in [0, 0.05) is 27.4 Å². The lowest BCUT2D eigenvalue weighted by atomic mass is 9.79. The van der Waals surface area contributed by atoms with Crippen molar-refractivity contribution in [2.45, 2.75) is 71.5 Å². The van der Waals surface area contributed by atoms with Crippen LogP contribution in [0.5, 0.6) is 0 Å². The monoisotopic (exact) mass is 294 g/mol. The zero-order valence-electron chi connectivity index (χ0n) is 13.4. The lowest BCUT2D eigenvalue weighted by Gasteiger charge is -2.46. The summed E-state index contributed by atoms with van der Waals surface area (Å²) >= 11 is 1.65. The molecule has 3 nitrogen and oxygen atoms in total. The summed E-state index contributed by atoms with van der Waals surface area (Å²) < 4.78 is 0. The van der Waals surface area contributed by atoms with E-state index in [0.717, 1.165) is 24.0 Å². The van der Waals surface area contributed by atoms with Crippen LogP contribution in [-0.2, 0) is 0 Å². The summed E-state index contributed by atoms with van der Waals surface area (Å²) in [5.41, 5.74) is 2.06. The molecule has 1 aromatic rings. The number of rotatable bonds is 2. The molecule has 4 heteroatoms. The third-order valence-electron chi connectivity index (χ3n) is 4.06. The number of piperidine rings is 1. The van der Waals surface area contributed by atoms with E-state index in [9.17, 15) is 4.79 Å². The van der Waals surface area contributed by atoms with E-state index in [2.05, 4.69) is 45.3 Å². The minimum absolute atomic E-state index is 0.0549.